The molecule has 120 valence electrons. The third kappa shape index (κ3) is 5.90. The first-order valence-electron chi connectivity index (χ1n) is 6.73. The Morgan fingerprint density at radius 3 is 2.36 bits per heavy atom. The van der Waals surface area contributed by atoms with Gasteiger partial charge in [-0.25, -0.2) is 0 Å². The highest BCUT2D eigenvalue weighted by Crippen LogP contribution is 2.08. The van der Waals surface area contributed by atoms with Gasteiger partial charge in [0.15, 0.2) is 0 Å². The lowest BCUT2D eigenvalue weighted by Gasteiger charge is -2.13. The van der Waals surface area contributed by atoms with Crippen LogP contribution in [0.15, 0.2) is 24.3 Å². The first-order chi connectivity index (χ1) is 10.5. The number of benzene rings is 1. The van der Waals surface area contributed by atoms with Crippen molar-refractivity contribution in [3.05, 3.63) is 29.8 Å². The maximum Gasteiger partial charge on any atom is 0.243 e. The Morgan fingerprint density at radius 1 is 1.18 bits per heavy atom. The monoisotopic (exact) mass is 308 g/mol. The molecule has 0 aliphatic carbocycles. The number of carbonyl (C=O) groups is 3. The van der Waals surface area contributed by atoms with Gasteiger partial charge in [-0.2, -0.15) is 0 Å². The quantitative estimate of drug-likeness (QED) is 0.427. The van der Waals surface area contributed by atoms with E-state index < -0.39 is 23.8 Å². The van der Waals surface area contributed by atoms with Gasteiger partial charge in [-0.05, 0) is 24.6 Å². The van der Waals surface area contributed by atoms with Crippen molar-refractivity contribution in [2.75, 3.05) is 18.4 Å². The summed E-state index contributed by atoms with van der Waals surface area (Å²) in [7, 11) is 0. The summed E-state index contributed by atoms with van der Waals surface area (Å²) in [5.74, 6) is -1.33. The maximum atomic E-state index is 11.7. The number of anilines is 1. The van der Waals surface area contributed by atoms with Crippen LogP contribution in [0.1, 0.15) is 12.5 Å². The van der Waals surface area contributed by atoms with E-state index in [1.165, 1.54) is 6.92 Å². The zero-order valence-corrected chi connectivity index (χ0v) is 12.3. The Bertz CT molecular complexity index is 530. The maximum absolute atomic E-state index is 11.7. The standard InChI is InChI=1S/C14H20N4O4/c1-9(17-12(20)6-15)14(22)16-7-13(21)18-11-4-2-10(8-19)3-5-11/h2-5,9,19H,6-8,15H2,1H3,(H,16,22)(H,17,20)(H,18,21)/t9-/m0/s1. The molecule has 0 aromatic heterocycles. The van der Waals surface area contributed by atoms with Gasteiger partial charge < -0.3 is 26.8 Å². The van der Waals surface area contributed by atoms with Gasteiger partial charge in [-0.1, -0.05) is 12.1 Å². The molecule has 6 N–H and O–H groups in total. The minimum absolute atomic E-state index is 0.0727. The van der Waals surface area contributed by atoms with E-state index in [9.17, 15) is 14.4 Å². The fraction of sp³-hybridized carbons (Fsp3) is 0.357. The lowest BCUT2D eigenvalue weighted by Crippen LogP contribution is -2.48. The molecule has 1 aromatic carbocycles. The summed E-state index contributed by atoms with van der Waals surface area (Å²) in [6.07, 6.45) is 0. The highest BCUT2D eigenvalue weighted by molar-refractivity contribution is 5.96. The van der Waals surface area contributed by atoms with Crippen LogP contribution in [0, 0.1) is 0 Å². The highest BCUT2D eigenvalue weighted by atomic mass is 16.3. The Morgan fingerprint density at radius 2 is 1.82 bits per heavy atom. The molecule has 0 saturated heterocycles. The smallest absolute Gasteiger partial charge is 0.243 e. The summed E-state index contributed by atoms with van der Waals surface area (Å²) < 4.78 is 0. The van der Waals surface area contributed by atoms with Crippen molar-refractivity contribution in [1.29, 1.82) is 0 Å². The number of carbonyl (C=O) groups excluding carboxylic acids is 3. The first-order valence-corrected chi connectivity index (χ1v) is 6.73. The average molecular weight is 308 g/mol. The van der Waals surface area contributed by atoms with Crippen LogP contribution in [0.25, 0.3) is 0 Å². The molecule has 3 amide bonds. The topological polar surface area (TPSA) is 134 Å². The van der Waals surface area contributed by atoms with Crippen LogP contribution in [0.5, 0.6) is 0 Å². The zero-order valence-electron chi connectivity index (χ0n) is 12.3. The van der Waals surface area contributed by atoms with Crippen LogP contribution >= 0.6 is 0 Å². The van der Waals surface area contributed by atoms with Gasteiger partial charge in [-0.15, -0.1) is 0 Å². The van der Waals surface area contributed by atoms with Crippen molar-refractivity contribution in [2.45, 2.75) is 19.6 Å². The van der Waals surface area contributed by atoms with Crippen LogP contribution in [-0.2, 0) is 21.0 Å². The Labute approximate surface area is 128 Å². The second kappa shape index (κ2) is 8.75. The third-order valence-electron chi connectivity index (χ3n) is 2.80. The van der Waals surface area contributed by atoms with E-state index >= 15 is 0 Å². The van der Waals surface area contributed by atoms with Crippen molar-refractivity contribution in [3.8, 4) is 0 Å². The zero-order chi connectivity index (χ0) is 16.5. The fourth-order valence-electron chi connectivity index (χ4n) is 1.59. The molecule has 8 nitrogen and oxygen atoms in total. The molecule has 0 bridgehead atoms. The third-order valence-corrected chi connectivity index (χ3v) is 2.80. The lowest BCUT2D eigenvalue weighted by atomic mass is 10.2. The van der Waals surface area contributed by atoms with Gasteiger partial charge in [0.05, 0.1) is 19.7 Å². The van der Waals surface area contributed by atoms with E-state index in [0.717, 1.165) is 5.56 Å². The molecule has 1 aromatic rings. The summed E-state index contributed by atoms with van der Waals surface area (Å²) >= 11 is 0. The van der Waals surface area contributed by atoms with Gasteiger partial charge in [0.25, 0.3) is 0 Å². The second-order valence-corrected chi connectivity index (χ2v) is 4.61. The molecule has 8 heteroatoms. The minimum atomic E-state index is -0.771. The summed E-state index contributed by atoms with van der Waals surface area (Å²) in [4.78, 5) is 34.4. The number of amides is 3. The van der Waals surface area contributed by atoms with Gasteiger partial charge >= 0.3 is 0 Å². The molecule has 1 atom stereocenters. The van der Waals surface area contributed by atoms with E-state index in [0.29, 0.717) is 5.69 Å². The fourth-order valence-corrected chi connectivity index (χ4v) is 1.59. The normalized spacial score (nSPS) is 11.4. The lowest BCUT2D eigenvalue weighted by molar-refractivity contribution is -0.128. The molecule has 0 aliphatic rings. The van der Waals surface area contributed by atoms with E-state index in [-0.39, 0.29) is 19.7 Å². The highest BCUT2D eigenvalue weighted by Gasteiger charge is 2.15. The molecule has 0 fully saturated rings. The van der Waals surface area contributed by atoms with Gasteiger partial charge in [0, 0.05) is 5.69 Å². The van der Waals surface area contributed by atoms with Crippen molar-refractivity contribution < 1.29 is 19.5 Å². The summed E-state index contributed by atoms with van der Waals surface area (Å²) in [5, 5.41) is 16.3. The molecule has 0 spiro atoms. The number of hydrogen-bond acceptors (Lipinski definition) is 5. The summed E-state index contributed by atoms with van der Waals surface area (Å²) in [5.41, 5.74) is 6.41. The number of nitrogens with one attached hydrogen (secondary N) is 3. The van der Waals surface area contributed by atoms with Crippen molar-refractivity contribution in [3.63, 3.8) is 0 Å². The molecule has 0 radical (unpaired) electrons. The average Bonchev–Trinajstić information content (AvgIpc) is 2.53. The SMILES string of the molecule is C[C@H](NC(=O)CN)C(=O)NCC(=O)Nc1ccc(CO)cc1. The number of rotatable bonds is 7. The molecule has 0 aliphatic heterocycles. The Kier molecular flexibility index (Phi) is 7.00. The predicted molar refractivity (Wildman–Crippen MR) is 80.7 cm³/mol. The molecule has 22 heavy (non-hydrogen) atoms. The van der Waals surface area contributed by atoms with Crippen LogP contribution in [0.3, 0.4) is 0 Å². The first kappa shape index (κ1) is 17.6. The number of hydrogen-bond donors (Lipinski definition) is 5. The molecular weight excluding hydrogens is 288 g/mol. The van der Waals surface area contributed by atoms with E-state index in [1.807, 2.05) is 0 Å². The van der Waals surface area contributed by atoms with E-state index in [2.05, 4.69) is 16.0 Å². The number of aliphatic hydroxyl groups is 1. The Hall–Kier alpha value is -2.45. The molecule has 0 unspecified atom stereocenters. The van der Waals surface area contributed by atoms with E-state index in [1.54, 1.807) is 24.3 Å². The predicted octanol–water partition coefficient (Wildman–Crippen LogP) is -1.30. The second-order valence-electron chi connectivity index (χ2n) is 4.61. The molecule has 1 rings (SSSR count). The minimum Gasteiger partial charge on any atom is -0.392 e. The number of aliphatic hydroxyl groups excluding tert-OH is 1. The molecular formula is C14H20N4O4. The van der Waals surface area contributed by atoms with Crippen LogP contribution in [0.2, 0.25) is 0 Å². The summed E-state index contributed by atoms with van der Waals surface area (Å²) in [6.45, 7) is 0.996. The molecule has 0 heterocycles. The summed E-state index contributed by atoms with van der Waals surface area (Å²) in [6, 6.07) is 5.88. The van der Waals surface area contributed by atoms with Crippen LogP contribution in [-0.4, -0.2) is 42.0 Å². The molecule has 0 saturated carbocycles. The largest absolute Gasteiger partial charge is 0.392 e. The van der Waals surface area contributed by atoms with E-state index in [4.69, 9.17) is 10.8 Å². The van der Waals surface area contributed by atoms with Crippen molar-refractivity contribution >= 4 is 23.4 Å². The van der Waals surface area contributed by atoms with Crippen molar-refractivity contribution in [1.82, 2.24) is 10.6 Å². The van der Waals surface area contributed by atoms with Gasteiger partial charge in [0.2, 0.25) is 17.7 Å². The van der Waals surface area contributed by atoms with Crippen molar-refractivity contribution in [2.24, 2.45) is 5.73 Å². The van der Waals surface area contributed by atoms with Gasteiger partial charge in [0.1, 0.15) is 6.04 Å². The van der Waals surface area contributed by atoms with Crippen LogP contribution < -0.4 is 21.7 Å². The Balaban J connectivity index is 2.38. The number of nitrogens with two attached hydrogens (primary N) is 1. The van der Waals surface area contributed by atoms with Crippen LogP contribution in [0.4, 0.5) is 5.69 Å². The van der Waals surface area contributed by atoms with Gasteiger partial charge in [-0.3, -0.25) is 14.4 Å².